The molecule has 1 heterocycles. The van der Waals surface area contributed by atoms with Crippen molar-refractivity contribution < 1.29 is 37.9 Å². The minimum absolute atomic E-state index is 0.174. The molecule has 2 N–H and O–H groups in total. The molecule has 0 aromatic heterocycles. The topological polar surface area (TPSA) is 121 Å². The lowest BCUT2D eigenvalue weighted by atomic mass is 9.75. The van der Waals surface area contributed by atoms with Crippen LogP contribution in [0.25, 0.3) is 0 Å². The van der Waals surface area contributed by atoms with Gasteiger partial charge >= 0.3 is 19.2 Å². The van der Waals surface area contributed by atoms with Gasteiger partial charge in [-0.15, -0.1) is 0 Å². The van der Waals surface area contributed by atoms with Crippen molar-refractivity contribution in [1.82, 2.24) is 10.6 Å². The summed E-state index contributed by atoms with van der Waals surface area (Å²) in [6, 6.07) is 12.3. The Hall–Kier alpha value is -3.57. The number of rotatable bonds is 13. The van der Waals surface area contributed by atoms with Crippen molar-refractivity contribution in [1.29, 1.82) is 0 Å². The van der Waals surface area contributed by atoms with E-state index in [-0.39, 0.29) is 12.5 Å². The second kappa shape index (κ2) is 17.4. The average molecular weight is 641 g/mol. The zero-order valence-corrected chi connectivity index (χ0v) is 29.3. The van der Waals surface area contributed by atoms with Crippen LogP contribution in [0.5, 0.6) is 5.75 Å². The standard InChI is InChI=1S/C33H47BN2O8.C2H6/c1-31(2,3)42-30(39)36-19-12-10-9-11-18-35-28(37)24-14-13-15-25(21-24)41-22-23-16-17-26(29(38)40-8)27(20-23)34-43-32(4,5)33(6,7)44-34;1-2/h13-17,20-21H,9-12,18-19,22H2,1-8H3,(H,35,37)(H,36,39);1-2H3. The number of unbranched alkanes of at least 4 members (excludes halogenated alkanes) is 3. The predicted octanol–water partition coefficient (Wildman–Crippen LogP) is 6.19. The molecule has 1 aliphatic rings. The zero-order valence-electron chi connectivity index (χ0n) is 29.3. The van der Waals surface area contributed by atoms with Gasteiger partial charge in [0.15, 0.2) is 0 Å². The predicted molar refractivity (Wildman–Crippen MR) is 181 cm³/mol. The van der Waals surface area contributed by atoms with Crippen LogP contribution in [0, 0.1) is 0 Å². The van der Waals surface area contributed by atoms with Crippen LogP contribution in [0.3, 0.4) is 0 Å². The summed E-state index contributed by atoms with van der Waals surface area (Å²) >= 11 is 0. The fraction of sp³-hybridized carbons (Fsp3) is 0.571. The number of hydrogen-bond acceptors (Lipinski definition) is 8. The fourth-order valence-corrected chi connectivity index (χ4v) is 4.47. The highest BCUT2D eigenvalue weighted by molar-refractivity contribution is 6.63. The molecule has 0 bridgehead atoms. The van der Waals surface area contributed by atoms with Crippen molar-refractivity contribution in [3.05, 3.63) is 59.2 Å². The molecule has 254 valence electrons. The van der Waals surface area contributed by atoms with Gasteiger partial charge in [0, 0.05) is 18.7 Å². The van der Waals surface area contributed by atoms with Crippen molar-refractivity contribution in [2.45, 2.75) is 111 Å². The SMILES string of the molecule is CC.COC(=O)c1ccc(COc2cccc(C(=O)NCCCCCCNC(=O)OC(C)(C)C)c2)cc1B1OC(C)(C)C(C)(C)O1. The molecule has 0 unspecified atom stereocenters. The smallest absolute Gasteiger partial charge is 0.489 e. The molecule has 46 heavy (non-hydrogen) atoms. The molecule has 2 aromatic carbocycles. The second-order valence-electron chi connectivity index (χ2n) is 12.9. The molecular formula is C35H53BN2O8. The second-order valence-corrected chi connectivity index (χ2v) is 12.9. The fourth-order valence-electron chi connectivity index (χ4n) is 4.47. The number of benzene rings is 2. The molecule has 2 aromatic rings. The molecule has 0 aliphatic carbocycles. The number of methoxy groups -OCH3 is 1. The van der Waals surface area contributed by atoms with E-state index in [1.54, 1.807) is 36.4 Å². The minimum Gasteiger partial charge on any atom is -0.489 e. The Balaban J connectivity index is 0.00000361. The Labute approximate surface area is 275 Å². The minimum atomic E-state index is -0.741. The number of carbonyl (C=O) groups excluding carboxylic acids is 3. The van der Waals surface area contributed by atoms with Crippen molar-refractivity contribution in [2.24, 2.45) is 0 Å². The van der Waals surface area contributed by atoms with Gasteiger partial charge in [0.25, 0.3) is 5.91 Å². The maximum Gasteiger partial charge on any atom is 0.495 e. The summed E-state index contributed by atoms with van der Waals surface area (Å²) < 4.78 is 28.6. The van der Waals surface area contributed by atoms with Crippen molar-refractivity contribution in [3.63, 3.8) is 0 Å². The third kappa shape index (κ3) is 11.7. The molecule has 1 aliphatic heterocycles. The first-order valence-electron chi connectivity index (χ1n) is 16.2. The van der Waals surface area contributed by atoms with Crippen LogP contribution in [-0.4, -0.2) is 62.1 Å². The molecule has 3 rings (SSSR count). The summed E-state index contributed by atoms with van der Waals surface area (Å²) in [5.74, 6) is -0.104. The summed E-state index contributed by atoms with van der Waals surface area (Å²) in [5.41, 5.74) is 0.600. The Morgan fingerprint density at radius 2 is 1.46 bits per heavy atom. The van der Waals surface area contributed by atoms with Gasteiger partial charge in [-0.25, -0.2) is 9.59 Å². The van der Waals surface area contributed by atoms with Crippen molar-refractivity contribution in [3.8, 4) is 5.75 Å². The summed E-state index contributed by atoms with van der Waals surface area (Å²) in [7, 11) is 0.598. The number of alkyl carbamates (subject to hydrolysis) is 1. The van der Waals surface area contributed by atoms with Gasteiger partial charge in [0.05, 0.1) is 23.9 Å². The highest BCUT2D eigenvalue weighted by atomic mass is 16.7. The van der Waals surface area contributed by atoms with Gasteiger partial charge in [-0.1, -0.05) is 44.9 Å². The number of ether oxygens (including phenoxy) is 3. The van der Waals surface area contributed by atoms with Gasteiger partial charge in [0.2, 0.25) is 0 Å². The lowest BCUT2D eigenvalue weighted by Gasteiger charge is -2.32. The number of hydrogen-bond donors (Lipinski definition) is 2. The van der Waals surface area contributed by atoms with E-state index in [1.165, 1.54) is 7.11 Å². The van der Waals surface area contributed by atoms with Crippen molar-refractivity contribution in [2.75, 3.05) is 20.2 Å². The summed E-state index contributed by atoms with van der Waals surface area (Å²) in [6.07, 6.45) is 3.14. The highest BCUT2D eigenvalue weighted by Crippen LogP contribution is 2.36. The van der Waals surface area contributed by atoms with E-state index < -0.39 is 36.0 Å². The molecule has 1 fully saturated rings. The molecule has 2 amide bonds. The Morgan fingerprint density at radius 3 is 2.04 bits per heavy atom. The van der Waals surface area contributed by atoms with E-state index in [4.69, 9.17) is 23.5 Å². The van der Waals surface area contributed by atoms with E-state index in [9.17, 15) is 14.4 Å². The van der Waals surface area contributed by atoms with Crippen LogP contribution in [-0.2, 0) is 25.4 Å². The van der Waals surface area contributed by atoms with Gasteiger partial charge in [-0.2, -0.15) is 0 Å². The molecule has 0 spiro atoms. The first-order valence-corrected chi connectivity index (χ1v) is 16.2. The number of esters is 1. The van der Waals surface area contributed by atoms with Crippen LogP contribution < -0.4 is 20.8 Å². The monoisotopic (exact) mass is 640 g/mol. The lowest BCUT2D eigenvalue weighted by Crippen LogP contribution is -2.41. The lowest BCUT2D eigenvalue weighted by molar-refractivity contribution is 0.00578. The highest BCUT2D eigenvalue weighted by Gasteiger charge is 2.52. The zero-order chi connectivity index (χ0) is 34.5. The molecule has 1 saturated heterocycles. The van der Waals surface area contributed by atoms with Gasteiger partial charge in [-0.05, 0) is 96.6 Å². The first-order chi connectivity index (χ1) is 21.6. The maximum atomic E-state index is 12.7. The number of carbonyl (C=O) groups is 3. The van der Waals surface area contributed by atoms with Crippen LogP contribution >= 0.6 is 0 Å². The third-order valence-corrected chi connectivity index (χ3v) is 7.59. The average Bonchev–Trinajstić information content (AvgIpc) is 3.23. The summed E-state index contributed by atoms with van der Waals surface area (Å²) in [5, 5.41) is 5.71. The van der Waals surface area contributed by atoms with E-state index in [0.29, 0.717) is 35.4 Å². The molecule has 10 nitrogen and oxygen atoms in total. The van der Waals surface area contributed by atoms with Gasteiger partial charge in [0.1, 0.15) is 18.0 Å². The number of nitrogens with one attached hydrogen (secondary N) is 2. The quantitative estimate of drug-likeness (QED) is 0.151. The summed E-state index contributed by atoms with van der Waals surface area (Å²) in [4.78, 5) is 36.9. The molecule has 11 heteroatoms. The molecule has 0 atom stereocenters. The Morgan fingerprint density at radius 1 is 0.848 bits per heavy atom. The van der Waals surface area contributed by atoms with Gasteiger partial charge in [-0.3, -0.25) is 4.79 Å². The van der Waals surface area contributed by atoms with Crippen LogP contribution in [0.2, 0.25) is 0 Å². The van der Waals surface area contributed by atoms with Crippen LogP contribution in [0.4, 0.5) is 4.79 Å². The Bertz CT molecular complexity index is 1290. The largest absolute Gasteiger partial charge is 0.495 e. The molecular weight excluding hydrogens is 587 g/mol. The van der Waals surface area contributed by atoms with E-state index in [2.05, 4.69) is 10.6 Å². The first kappa shape index (κ1) is 38.6. The van der Waals surface area contributed by atoms with Crippen molar-refractivity contribution >= 4 is 30.6 Å². The summed E-state index contributed by atoms with van der Waals surface area (Å²) in [6.45, 7) is 18.6. The van der Waals surface area contributed by atoms with Crippen LogP contribution in [0.1, 0.15) is 114 Å². The third-order valence-electron chi connectivity index (χ3n) is 7.59. The van der Waals surface area contributed by atoms with E-state index in [0.717, 1.165) is 31.2 Å². The van der Waals surface area contributed by atoms with E-state index in [1.807, 2.05) is 68.4 Å². The maximum absolute atomic E-state index is 12.7. The molecule has 0 saturated carbocycles. The number of amides is 2. The van der Waals surface area contributed by atoms with Gasteiger partial charge < -0.3 is 34.2 Å². The van der Waals surface area contributed by atoms with Crippen LogP contribution in [0.15, 0.2) is 42.5 Å². The normalized spacial score (nSPS) is 14.9. The molecule has 0 radical (unpaired) electrons. The Kier molecular flexibility index (Phi) is 14.6. The van der Waals surface area contributed by atoms with E-state index >= 15 is 0 Å².